The van der Waals surface area contributed by atoms with Crippen molar-refractivity contribution in [1.82, 2.24) is 15.1 Å². The minimum Gasteiger partial charge on any atom is -0.479 e. The second-order valence-electron chi connectivity index (χ2n) is 6.26. The van der Waals surface area contributed by atoms with Crippen LogP contribution in [0.1, 0.15) is 35.9 Å². The van der Waals surface area contributed by atoms with Crippen LogP contribution in [-0.2, 0) is 28.6 Å². The van der Waals surface area contributed by atoms with Gasteiger partial charge in [0, 0.05) is 19.2 Å². The van der Waals surface area contributed by atoms with Gasteiger partial charge in [-0.2, -0.15) is 5.10 Å². The van der Waals surface area contributed by atoms with Crippen molar-refractivity contribution >= 4 is 11.9 Å². The molecule has 0 aliphatic heterocycles. The van der Waals surface area contributed by atoms with E-state index in [4.69, 9.17) is 0 Å². The molecule has 6 nitrogen and oxygen atoms in total. The zero-order valence-electron chi connectivity index (χ0n) is 14.8. The van der Waals surface area contributed by atoms with E-state index in [0.717, 1.165) is 17.0 Å². The Labute approximate surface area is 145 Å². The molecule has 1 heterocycles. The highest BCUT2D eigenvalue weighted by Gasteiger charge is 2.36. The van der Waals surface area contributed by atoms with E-state index in [9.17, 15) is 19.1 Å². The highest BCUT2D eigenvalue weighted by Crippen LogP contribution is 2.22. The summed E-state index contributed by atoms with van der Waals surface area (Å²) in [6.07, 6.45) is 0.605. The second-order valence-corrected chi connectivity index (χ2v) is 6.26. The average Bonchev–Trinajstić information content (AvgIpc) is 2.78. The molecule has 1 atom stereocenters. The Morgan fingerprint density at radius 1 is 1.28 bits per heavy atom. The third-order valence-electron chi connectivity index (χ3n) is 4.50. The van der Waals surface area contributed by atoms with E-state index < -0.39 is 23.2 Å². The fourth-order valence-electron chi connectivity index (χ4n) is 2.79. The summed E-state index contributed by atoms with van der Waals surface area (Å²) in [5.74, 6) is -2.07. The second kappa shape index (κ2) is 7.04. The lowest BCUT2D eigenvalue weighted by Crippen LogP contribution is -2.49. The van der Waals surface area contributed by atoms with E-state index >= 15 is 0 Å². The van der Waals surface area contributed by atoms with E-state index in [1.54, 1.807) is 4.68 Å². The number of benzene rings is 1. The monoisotopic (exact) mass is 347 g/mol. The van der Waals surface area contributed by atoms with Crippen LogP contribution >= 0.6 is 0 Å². The summed E-state index contributed by atoms with van der Waals surface area (Å²) in [5, 5.41) is 16.4. The molecule has 1 aromatic heterocycles. The van der Waals surface area contributed by atoms with E-state index in [1.807, 2.05) is 20.9 Å². The van der Waals surface area contributed by atoms with Gasteiger partial charge in [-0.05, 0) is 50.5 Å². The summed E-state index contributed by atoms with van der Waals surface area (Å²) in [4.78, 5) is 24.0. The SMILES string of the molecule is Cc1nn(C)c(C)c1CCC(=O)NC(C)(C(=O)O)c1ccc(F)cc1. The highest BCUT2D eigenvalue weighted by atomic mass is 19.1. The molecule has 7 heteroatoms. The Bertz CT molecular complexity index is 799. The van der Waals surface area contributed by atoms with Crippen LogP contribution in [0.2, 0.25) is 0 Å². The van der Waals surface area contributed by atoms with Crippen LogP contribution in [0.5, 0.6) is 0 Å². The Kier molecular flexibility index (Phi) is 5.25. The molecule has 1 amide bonds. The molecule has 0 fully saturated rings. The van der Waals surface area contributed by atoms with Gasteiger partial charge in [-0.1, -0.05) is 12.1 Å². The topological polar surface area (TPSA) is 84.2 Å². The van der Waals surface area contributed by atoms with Crippen molar-refractivity contribution in [1.29, 1.82) is 0 Å². The number of carboxylic acid groups (broad SMARTS) is 1. The molecule has 0 aliphatic rings. The van der Waals surface area contributed by atoms with Crippen molar-refractivity contribution in [2.45, 2.75) is 39.2 Å². The summed E-state index contributed by atoms with van der Waals surface area (Å²) >= 11 is 0. The first-order chi connectivity index (χ1) is 11.6. The van der Waals surface area contributed by atoms with Crippen molar-refractivity contribution in [3.05, 3.63) is 52.6 Å². The first kappa shape index (κ1) is 18.6. The molecule has 134 valence electrons. The maximum absolute atomic E-state index is 13.1. The van der Waals surface area contributed by atoms with Crippen LogP contribution < -0.4 is 5.32 Å². The maximum Gasteiger partial charge on any atom is 0.333 e. The number of aliphatic carboxylic acids is 1. The minimum atomic E-state index is -1.62. The lowest BCUT2D eigenvalue weighted by atomic mass is 9.91. The van der Waals surface area contributed by atoms with Crippen LogP contribution in [0.4, 0.5) is 4.39 Å². The number of nitrogens with one attached hydrogen (secondary N) is 1. The van der Waals surface area contributed by atoms with E-state index in [1.165, 1.54) is 31.2 Å². The standard InChI is InChI=1S/C18H22FN3O3/c1-11-15(12(2)22(4)21-11)9-10-16(23)20-18(3,17(24)25)13-5-7-14(19)8-6-13/h5-8H,9-10H2,1-4H3,(H,20,23)(H,24,25). The summed E-state index contributed by atoms with van der Waals surface area (Å²) in [7, 11) is 1.84. The van der Waals surface area contributed by atoms with Crippen LogP contribution in [0.15, 0.2) is 24.3 Å². The minimum absolute atomic E-state index is 0.136. The lowest BCUT2D eigenvalue weighted by molar-refractivity contribution is -0.147. The predicted molar refractivity (Wildman–Crippen MR) is 90.5 cm³/mol. The predicted octanol–water partition coefficient (Wildman–Crippen LogP) is 2.22. The van der Waals surface area contributed by atoms with Crippen LogP contribution in [0.3, 0.4) is 0 Å². The van der Waals surface area contributed by atoms with Gasteiger partial charge in [-0.25, -0.2) is 9.18 Å². The van der Waals surface area contributed by atoms with E-state index in [-0.39, 0.29) is 6.42 Å². The van der Waals surface area contributed by atoms with Crippen molar-refractivity contribution in [3.63, 3.8) is 0 Å². The van der Waals surface area contributed by atoms with Gasteiger partial charge in [0.2, 0.25) is 5.91 Å². The summed E-state index contributed by atoms with van der Waals surface area (Å²) < 4.78 is 14.8. The third-order valence-corrected chi connectivity index (χ3v) is 4.50. The van der Waals surface area contributed by atoms with Crippen molar-refractivity contribution in [3.8, 4) is 0 Å². The highest BCUT2D eigenvalue weighted by molar-refractivity contribution is 5.87. The van der Waals surface area contributed by atoms with Gasteiger partial charge < -0.3 is 10.4 Å². The molecule has 1 unspecified atom stereocenters. The molecule has 1 aromatic carbocycles. The molecular weight excluding hydrogens is 325 g/mol. The number of amides is 1. The number of halogens is 1. The molecule has 2 aromatic rings. The van der Waals surface area contributed by atoms with Gasteiger partial charge in [-0.3, -0.25) is 9.48 Å². The lowest BCUT2D eigenvalue weighted by Gasteiger charge is -2.27. The molecule has 25 heavy (non-hydrogen) atoms. The van der Waals surface area contributed by atoms with Crippen LogP contribution in [-0.4, -0.2) is 26.8 Å². The quantitative estimate of drug-likeness (QED) is 0.839. The first-order valence-corrected chi connectivity index (χ1v) is 7.94. The van der Waals surface area contributed by atoms with Crippen LogP contribution in [0, 0.1) is 19.7 Å². The maximum atomic E-state index is 13.1. The molecule has 0 spiro atoms. The third kappa shape index (κ3) is 3.87. The summed E-state index contributed by atoms with van der Waals surface area (Å²) in [5.41, 5.74) is 1.50. The van der Waals surface area contributed by atoms with Crippen LogP contribution in [0.25, 0.3) is 0 Å². The Morgan fingerprint density at radius 2 is 1.88 bits per heavy atom. The number of hydrogen-bond acceptors (Lipinski definition) is 3. The molecule has 0 radical (unpaired) electrons. The number of aromatic nitrogens is 2. The Hall–Kier alpha value is -2.70. The number of carboxylic acids is 1. The molecule has 0 saturated heterocycles. The fraction of sp³-hybridized carbons (Fsp3) is 0.389. The molecular formula is C18H22FN3O3. The summed E-state index contributed by atoms with van der Waals surface area (Å²) in [6, 6.07) is 5.06. The zero-order chi connectivity index (χ0) is 18.8. The number of rotatable bonds is 6. The van der Waals surface area contributed by atoms with Gasteiger partial charge in [0.05, 0.1) is 5.69 Å². The molecule has 0 saturated carbocycles. The van der Waals surface area contributed by atoms with Gasteiger partial charge in [-0.15, -0.1) is 0 Å². The largest absolute Gasteiger partial charge is 0.479 e. The van der Waals surface area contributed by atoms with E-state index in [0.29, 0.717) is 12.0 Å². The normalized spacial score (nSPS) is 13.3. The van der Waals surface area contributed by atoms with Gasteiger partial charge >= 0.3 is 5.97 Å². The smallest absolute Gasteiger partial charge is 0.333 e. The Morgan fingerprint density at radius 3 is 2.36 bits per heavy atom. The van der Waals surface area contributed by atoms with Gasteiger partial charge in [0.25, 0.3) is 0 Å². The number of carbonyl (C=O) groups is 2. The van der Waals surface area contributed by atoms with Crippen molar-refractivity contribution in [2.75, 3.05) is 0 Å². The van der Waals surface area contributed by atoms with Crippen molar-refractivity contribution in [2.24, 2.45) is 7.05 Å². The molecule has 0 aliphatic carbocycles. The number of carbonyl (C=O) groups excluding carboxylic acids is 1. The fourth-order valence-corrected chi connectivity index (χ4v) is 2.79. The van der Waals surface area contributed by atoms with Crippen molar-refractivity contribution < 1.29 is 19.1 Å². The van der Waals surface area contributed by atoms with E-state index in [2.05, 4.69) is 10.4 Å². The summed E-state index contributed by atoms with van der Waals surface area (Å²) in [6.45, 7) is 5.19. The number of nitrogens with zero attached hydrogens (tertiary/aromatic N) is 2. The number of aryl methyl sites for hydroxylation is 2. The Balaban J connectivity index is 2.13. The average molecular weight is 347 g/mol. The van der Waals surface area contributed by atoms with Gasteiger partial charge in [0.15, 0.2) is 5.54 Å². The molecule has 0 bridgehead atoms. The number of hydrogen-bond donors (Lipinski definition) is 2. The molecule has 2 rings (SSSR count). The molecule has 2 N–H and O–H groups in total. The first-order valence-electron chi connectivity index (χ1n) is 7.94. The zero-order valence-corrected chi connectivity index (χ0v) is 14.8. The van der Waals surface area contributed by atoms with Gasteiger partial charge in [0.1, 0.15) is 5.82 Å².